The number of rotatable bonds is 4. The molecule has 1 nitrogen and oxygen atoms in total. The van der Waals surface area contributed by atoms with E-state index in [1.165, 1.54) is 56.9 Å². The van der Waals surface area contributed by atoms with Gasteiger partial charge in [-0.15, -0.1) is 0 Å². The second kappa shape index (κ2) is 7.69. The van der Waals surface area contributed by atoms with E-state index in [0.717, 1.165) is 30.6 Å². The standard InChI is InChI=1S/C28H44O/c1-18(2)8-7-9-19(3)22-12-13-24-21-10-11-23-20(4)26(29)15-17-28(23,6)25(21)14-16-27(22,24)5/h8,19-20,22-24H,7,9-17H2,1-6H3/t19?,20?,22?,23?,24?,27-,28+/m1/s1. The minimum Gasteiger partial charge on any atom is -0.299 e. The summed E-state index contributed by atoms with van der Waals surface area (Å²) in [5.41, 5.74) is 5.99. The first-order valence-corrected chi connectivity index (χ1v) is 12.6. The van der Waals surface area contributed by atoms with Gasteiger partial charge in [-0.2, -0.15) is 0 Å². The van der Waals surface area contributed by atoms with Crippen LogP contribution < -0.4 is 0 Å². The van der Waals surface area contributed by atoms with Crippen LogP contribution in [0.25, 0.3) is 0 Å². The molecule has 5 unspecified atom stereocenters. The first kappa shape index (κ1) is 21.4. The highest BCUT2D eigenvalue weighted by atomic mass is 16.1. The van der Waals surface area contributed by atoms with Crippen LogP contribution in [0.3, 0.4) is 0 Å². The molecule has 0 bridgehead atoms. The first-order chi connectivity index (χ1) is 13.7. The van der Waals surface area contributed by atoms with Gasteiger partial charge in [0.2, 0.25) is 0 Å². The van der Waals surface area contributed by atoms with E-state index in [0.29, 0.717) is 22.5 Å². The smallest absolute Gasteiger partial charge is 0.136 e. The van der Waals surface area contributed by atoms with E-state index < -0.39 is 0 Å². The van der Waals surface area contributed by atoms with Gasteiger partial charge in [0.15, 0.2) is 0 Å². The number of Topliss-reactive ketones (excluding diaryl/α,β-unsaturated/α-hetero) is 1. The van der Waals surface area contributed by atoms with E-state index in [-0.39, 0.29) is 5.92 Å². The van der Waals surface area contributed by atoms with E-state index in [2.05, 4.69) is 47.6 Å². The van der Waals surface area contributed by atoms with Gasteiger partial charge in [0.05, 0.1) is 0 Å². The lowest BCUT2D eigenvalue weighted by molar-refractivity contribution is -0.130. The SMILES string of the molecule is CC(C)=CCCC(C)C1CCC2C3=C(CC[C@@]21C)[C@@]1(C)CCC(=O)C(C)C1CC3. The molecule has 0 heterocycles. The van der Waals surface area contributed by atoms with Crippen molar-refractivity contribution in [3.8, 4) is 0 Å². The summed E-state index contributed by atoms with van der Waals surface area (Å²) < 4.78 is 0. The van der Waals surface area contributed by atoms with Crippen LogP contribution in [0, 0.1) is 40.4 Å². The molecule has 0 aromatic carbocycles. The van der Waals surface area contributed by atoms with Crippen LogP contribution in [0.15, 0.2) is 22.8 Å². The third kappa shape index (κ3) is 3.39. The predicted octanol–water partition coefficient (Wildman–Crippen LogP) is 7.91. The molecule has 0 aliphatic heterocycles. The number of fused-ring (bicyclic) bond motifs is 4. The maximum absolute atomic E-state index is 12.4. The minimum absolute atomic E-state index is 0.280. The van der Waals surface area contributed by atoms with Crippen LogP contribution in [-0.4, -0.2) is 5.78 Å². The second-order valence-corrected chi connectivity index (χ2v) is 11.9. The molecular weight excluding hydrogens is 352 g/mol. The van der Waals surface area contributed by atoms with Crippen LogP contribution in [-0.2, 0) is 4.79 Å². The van der Waals surface area contributed by atoms with Gasteiger partial charge in [0.1, 0.15) is 5.78 Å². The normalized spacial score (nSPS) is 42.8. The molecule has 162 valence electrons. The maximum atomic E-state index is 12.4. The molecule has 0 aromatic rings. The topological polar surface area (TPSA) is 17.1 Å². The van der Waals surface area contributed by atoms with Crippen molar-refractivity contribution in [1.82, 2.24) is 0 Å². The highest BCUT2D eigenvalue weighted by Crippen LogP contribution is 2.66. The van der Waals surface area contributed by atoms with Gasteiger partial charge >= 0.3 is 0 Å². The Morgan fingerprint density at radius 1 is 1.10 bits per heavy atom. The lowest BCUT2D eigenvalue weighted by Crippen LogP contribution is -2.47. The van der Waals surface area contributed by atoms with E-state index in [1.54, 1.807) is 0 Å². The van der Waals surface area contributed by atoms with E-state index in [9.17, 15) is 4.79 Å². The Morgan fingerprint density at radius 2 is 1.86 bits per heavy atom. The summed E-state index contributed by atoms with van der Waals surface area (Å²) in [5.74, 6) is 3.97. The van der Waals surface area contributed by atoms with Crippen molar-refractivity contribution >= 4 is 5.78 Å². The Labute approximate surface area is 179 Å². The summed E-state index contributed by atoms with van der Waals surface area (Å²) in [7, 11) is 0. The highest BCUT2D eigenvalue weighted by Gasteiger charge is 2.56. The third-order valence-corrected chi connectivity index (χ3v) is 10.2. The fourth-order valence-electron chi connectivity index (χ4n) is 8.54. The molecule has 1 heteroatoms. The van der Waals surface area contributed by atoms with Crippen molar-refractivity contribution in [2.75, 3.05) is 0 Å². The lowest BCUT2D eigenvalue weighted by Gasteiger charge is -2.55. The van der Waals surface area contributed by atoms with Crippen LogP contribution in [0.2, 0.25) is 0 Å². The molecular formula is C28H44O. The summed E-state index contributed by atoms with van der Waals surface area (Å²) in [4.78, 5) is 12.4. The Hall–Kier alpha value is -0.850. The summed E-state index contributed by atoms with van der Waals surface area (Å²) in [6.45, 7) is 14.4. The number of allylic oxidation sites excluding steroid dienone is 4. The predicted molar refractivity (Wildman–Crippen MR) is 123 cm³/mol. The summed E-state index contributed by atoms with van der Waals surface area (Å²) >= 11 is 0. The fraction of sp³-hybridized carbons (Fsp3) is 0.821. The van der Waals surface area contributed by atoms with Crippen LogP contribution in [0.5, 0.6) is 0 Å². The Kier molecular flexibility index (Phi) is 5.67. The highest BCUT2D eigenvalue weighted by molar-refractivity contribution is 5.82. The van der Waals surface area contributed by atoms with Crippen molar-refractivity contribution in [1.29, 1.82) is 0 Å². The third-order valence-electron chi connectivity index (χ3n) is 10.2. The largest absolute Gasteiger partial charge is 0.299 e. The van der Waals surface area contributed by atoms with Gasteiger partial charge in [-0.3, -0.25) is 4.79 Å². The minimum atomic E-state index is 0.280. The molecule has 0 radical (unpaired) electrons. The molecule has 0 N–H and O–H groups in total. The zero-order valence-electron chi connectivity index (χ0n) is 19.9. The molecule has 0 saturated heterocycles. The second-order valence-electron chi connectivity index (χ2n) is 11.9. The zero-order valence-corrected chi connectivity index (χ0v) is 19.9. The molecule has 0 spiro atoms. The van der Waals surface area contributed by atoms with E-state index >= 15 is 0 Å². The van der Waals surface area contributed by atoms with Gasteiger partial charge in [0.25, 0.3) is 0 Å². The number of hydrogen-bond donors (Lipinski definition) is 0. The molecule has 4 rings (SSSR count). The van der Waals surface area contributed by atoms with Crippen LogP contribution in [0.1, 0.15) is 106 Å². The quantitative estimate of drug-likeness (QED) is 0.441. The van der Waals surface area contributed by atoms with Gasteiger partial charge in [-0.25, -0.2) is 0 Å². The molecule has 0 amide bonds. The fourth-order valence-corrected chi connectivity index (χ4v) is 8.54. The zero-order chi connectivity index (χ0) is 21.0. The molecule has 4 aliphatic carbocycles. The number of carbonyl (C=O) groups is 1. The van der Waals surface area contributed by atoms with Crippen LogP contribution in [0.4, 0.5) is 0 Å². The van der Waals surface area contributed by atoms with Gasteiger partial charge in [0, 0.05) is 12.3 Å². The monoisotopic (exact) mass is 396 g/mol. The maximum Gasteiger partial charge on any atom is 0.136 e. The molecule has 0 aromatic heterocycles. The summed E-state index contributed by atoms with van der Waals surface area (Å²) in [6.07, 6.45) is 15.1. The van der Waals surface area contributed by atoms with Crippen molar-refractivity contribution in [2.45, 2.75) is 106 Å². The molecule has 2 saturated carbocycles. The Balaban J connectivity index is 1.57. The van der Waals surface area contributed by atoms with Gasteiger partial charge in [-0.05, 0) is 106 Å². The molecule has 7 atom stereocenters. The summed E-state index contributed by atoms with van der Waals surface area (Å²) in [5, 5.41) is 0. The molecule has 4 aliphatic rings. The average molecular weight is 397 g/mol. The average Bonchev–Trinajstić information content (AvgIpc) is 3.02. The molecule has 29 heavy (non-hydrogen) atoms. The lowest BCUT2D eigenvalue weighted by atomic mass is 9.49. The van der Waals surface area contributed by atoms with Gasteiger partial charge < -0.3 is 0 Å². The van der Waals surface area contributed by atoms with Crippen molar-refractivity contribution in [2.24, 2.45) is 40.4 Å². The van der Waals surface area contributed by atoms with Crippen LogP contribution >= 0.6 is 0 Å². The first-order valence-electron chi connectivity index (χ1n) is 12.6. The van der Waals surface area contributed by atoms with Crippen molar-refractivity contribution in [3.05, 3.63) is 22.8 Å². The van der Waals surface area contributed by atoms with Gasteiger partial charge in [-0.1, -0.05) is 50.5 Å². The Bertz CT molecular complexity index is 723. The van der Waals surface area contributed by atoms with E-state index in [4.69, 9.17) is 0 Å². The summed E-state index contributed by atoms with van der Waals surface area (Å²) in [6, 6.07) is 0. The van der Waals surface area contributed by atoms with E-state index in [1.807, 2.05) is 11.1 Å². The van der Waals surface area contributed by atoms with Crippen molar-refractivity contribution in [3.63, 3.8) is 0 Å². The number of carbonyl (C=O) groups excluding carboxylic acids is 1. The number of ketones is 1. The Morgan fingerprint density at radius 3 is 2.59 bits per heavy atom. The number of hydrogen-bond acceptors (Lipinski definition) is 1. The van der Waals surface area contributed by atoms with Crippen molar-refractivity contribution < 1.29 is 4.79 Å². The molecule has 2 fully saturated rings.